The Morgan fingerprint density at radius 3 is 1.46 bits per heavy atom. The molecule has 0 radical (unpaired) electrons. The van der Waals surface area contributed by atoms with Crippen LogP contribution in [0.5, 0.6) is 5.75 Å². The van der Waals surface area contributed by atoms with Crippen molar-refractivity contribution in [3.8, 4) is 5.75 Å². The zero-order valence-electron chi connectivity index (χ0n) is 57.5. The standard InChI is InChI=1S/C68H104O30/c1-30-56(39(82-8)23-47(86-30)90-38-17-18-64(6)36(22-38)16-19-67(80)45(64)27-46(93-61(78)35-12-14-37(72)15-13-35)65(7)66(79,34(5)71)20-21-68(65,67)81)94-48-24-40(83-9)57(31(2)87-48)95-49-25-41(84-10)58(32(3)88-49)96-50-26-42(85-11)59(33(4)89-50)97-63-55(77)53(75)60(44(29-70)92-63)98-62-54(76)52(74)51(73)43(28-69)91-62/h12-16,30-33,38-60,62-63,69-70,72-77,79-81H,17-29H2,1-11H3/t30-,31+,32-,33-,38+,39+,40-,41+,42-,43-,44-,45-,46-,47+,48+,49+,50+,51-,52+,53-,54-,55-,56-,57+,58-,59-,60-,62+,63+,64+,65-,66-,67+,68-/m1/s1. The SMILES string of the molecule is CO[C@H]1C[C@H](O[C@H]2CC[C@@]3(C)C(=CC[C@]4(O)[C@@H]3C[C@@H](OC(=O)c3ccc(O)cc3)[C@@]3(C)[C@]4(O)CC[C@@]3(O)C(C)=O)C2)O[C@H](C)[C@H]1O[C@H]1C[C@@H](OC)[C@@H](O[C@H]2C[C@H](OC)[C@H](O[C@H]3C[C@@H](OC)[C@H](O[C@@H]4O[C@H](CO)[C@@H](O[C@@H]5O[C@H](CO)[C@@H](O)[C@H](O)[C@H]5O)[C@H](O)[C@H]4O)[C@@H](C)O3)[C@@H](C)O2)[C@H](C)O1. The van der Waals surface area contributed by atoms with Gasteiger partial charge in [0, 0.05) is 60.0 Å². The fraction of sp³-hybridized carbons (Fsp3) is 0.853. The van der Waals surface area contributed by atoms with Crippen molar-refractivity contribution in [2.75, 3.05) is 41.7 Å². The molecule has 6 saturated heterocycles. The number of aromatic hydroxyl groups is 1. The molecule has 6 heterocycles. The Hall–Kier alpha value is -3.14. The first-order valence-electron chi connectivity index (χ1n) is 34.4. The van der Waals surface area contributed by atoms with Crippen molar-refractivity contribution in [3.63, 3.8) is 0 Å². The Kier molecular flexibility index (Phi) is 23.4. The van der Waals surface area contributed by atoms with E-state index in [1.165, 1.54) is 38.3 Å². The van der Waals surface area contributed by atoms with Gasteiger partial charge in [-0.3, -0.25) is 4.79 Å². The van der Waals surface area contributed by atoms with Gasteiger partial charge in [0.15, 0.2) is 43.5 Å². The molecule has 11 N–H and O–H groups in total. The molecule has 1 aromatic rings. The van der Waals surface area contributed by atoms with E-state index in [0.717, 1.165) is 5.57 Å². The molecule has 0 amide bonds. The number of benzene rings is 1. The van der Waals surface area contributed by atoms with E-state index in [1.807, 2.05) is 26.8 Å². The number of fused-ring (bicyclic) bond motifs is 5. The number of methoxy groups -OCH3 is 4. The molecular formula is C68H104O30. The first-order chi connectivity index (χ1) is 46.4. The fourth-order valence-electron chi connectivity index (χ4n) is 17.9. The summed E-state index contributed by atoms with van der Waals surface area (Å²) in [5.41, 5.74) is -7.29. The fourth-order valence-corrected chi connectivity index (χ4v) is 17.9. The summed E-state index contributed by atoms with van der Waals surface area (Å²) >= 11 is 0. The molecule has 3 saturated carbocycles. The van der Waals surface area contributed by atoms with Gasteiger partial charge in [0.05, 0.1) is 79.1 Å². The molecule has 0 spiro atoms. The molecule has 34 atom stereocenters. The second-order valence-corrected chi connectivity index (χ2v) is 29.0. The number of hydrogen-bond donors (Lipinski definition) is 11. The van der Waals surface area contributed by atoms with Crippen LogP contribution in [0.1, 0.15) is 129 Å². The average Bonchev–Trinajstić information content (AvgIpc) is 1.40. The van der Waals surface area contributed by atoms with Gasteiger partial charge in [0.2, 0.25) is 0 Å². The van der Waals surface area contributed by atoms with Crippen LogP contribution in [0.4, 0.5) is 0 Å². The van der Waals surface area contributed by atoms with Crippen LogP contribution in [-0.2, 0) is 85.3 Å². The van der Waals surface area contributed by atoms with E-state index >= 15 is 0 Å². The Bertz CT molecular complexity index is 2890. The monoisotopic (exact) mass is 1400 g/mol. The van der Waals surface area contributed by atoms with Gasteiger partial charge in [0.1, 0.15) is 102 Å². The number of Topliss-reactive ketones (excluding diaryl/α,β-unsaturated/α-hetero) is 1. The van der Waals surface area contributed by atoms with E-state index in [1.54, 1.807) is 35.2 Å². The number of phenolic OH excluding ortho intramolecular Hbond substituents is 1. The zero-order chi connectivity index (χ0) is 70.9. The molecule has 4 aliphatic carbocycles. The van der Waals surface area contributed by atoms with Crippen molar-refractivity contribution in [2.24, 2.45) is 16.7 Å². The van der Waals surface area contributed by atoms with Gasteiger partial charge in [-0.25, -0.2) is 4.79 Å². The zero-order valence-corrected chi connectivity index (χ0v) is 57.5. The van der Waals surface area contributed by atoms with Crippen molar-refractivity contribution in [1.29, 1.82) is 0 Å². The van der Waals surface area contributed by atoms with Crippen LogP contribution in [0.2, 0.25) is 0 Å². The number of ether oxygens (including phenoxy) is 17. The van der Waals surface area contributed by atoms with Crippen LogP contribution in [0.15, 0.2) is 35.9 Å². The number of carbonyl (C=O) groups is 2. The molecule has 30 heteroatoms. The Morgan fingerprint density at radius 2 is 0.990 bits per heavy atom. The van der Waals surface area contributed by atoms with Crippen LogP contribution >= 0.6 is 0 Å². The summed E-state index contributed by atoms with van der Waals surface area (Å²) in [6.07, 6.45) is -23.9. The predicted molar refractivity (Wildman–Crippen MR) is 333 cm³/mol. The van der Waals surface area contributed by atoms with E-state index in [2.05, 4.69) is 6.92 Å². The highest BCUT2D eigenvalue weighted by molar-refractivity contribution is 5.90. The summed E-state index contributed by atoms with van der Waals surface area (Å²) in [7, 11) is 6.23. The maximum absolute atomic E-state index is 13.8. The lowest BCUT2D eigenvalue weighted by Gasteiger charge is -2.67. The smallest absolute Gasteiger partial charge is 0.338 e. The van der Waals surface area contributed by atoms with Gasteiger partial charge in [-0.05, 0) is 116 Å². The van der Waals surface area contributed by atoms with Gasteiger partial charge in [-0.2, -0.15) is 0 Å². The van der Waals surface area contributed by atoms with Gasteiger partial charge in [-0.1, -0.05) is 18.6 Å². The first kappa shape index (κ1) is 76.0. The lowest BCUT2D eigenvalue weighted by molar-refractivity contribution is -0.376. The molecule has 0 bridgehead atoms. The number of esters is 1. The van der Waals surface area contributed by atoms with Crippen molar-refractivity contribution in [3.05, 3.63) is 41.5 Å². The average molecular weight is 1400 g/mol. The third kappa shape index (κ3) is 13.7. The van der Waals surface area contributed by atoms with Crippen molar-refractivity contribution < 1.29 is 146 Å². The molecule has 0 unspecified atom stereocenters. The molecule has 98 heavy (non-hydrogen) atoms. The molecule has 9 fully saturated rings. The van der Waals surface area contributed by atoms with Crippen LogP contribution in [0.3, 0.4) is 0 Å². The second-order valence-electron chi connectivity index (χ2n) is 29.0. The molecule has 556 valence electrons. The molecule has 1 aromatic carbocycles. The first-order valence-corrected chi connectivity index (χ1v) is 34.4. The largest absolute Gasteiger partial charge is 0.508 e. The highest BCUT2D eigenvalue weighted by atomic mass is 16.8. The van der Waals surface area contributed by atoms with Crippen LogP contribution in [0.25, 0.3) is 0 Å². The van der Waals surface area contributed by atoms with Crippen molar-refractivity contribution >= 4 is 11.8 Å². The lowest BCUT2D eigenvalue weighted by Crippen LogP contribution is -2.78. The van der Waals surface area contributed by atoms with E-state index < -0.39 is 224 Å². The third-order valence-corrected chi connectivity index (χ3v) is 23.7. The summed E-state index contributed by atoms with van der Waals surface area (Å²) in [5.74, 6) is -2.05. The van der Waals surface area contributed by atoms with Gasteiger partial charge in [0.25, 0.3) is 0 Å². The maximum Gasteiger partial charge on any atom is 0.338 e. The number of hydrogen-bond acceptors (Lipinski definition) is 30. The predicted octanol–water partition coefficient (Wildman–Crippen LogP) is 0.190. The maximum atomic E-state index is 13.8. The Labute approximate surface area is 569 Å². The highest BCUT2D eigenvalue weighted by Gasteiger charge is 2.81. The van der Waals surface area contributed by atoms with Crippen LogP contribution < -0.4 is 0 Å². The lowest BCUT2D eigenvalue weighted by atomic mass is 9.42. The van der Waals surface area contributed by atoms with Crippen molar-refractivity contribution in [1.82, 2.24) is 0 Å². The number of carbonyl (C=O) groups excluding carboxylic acids is 2. The summed E-state index contributed by atoms with van der Waals surface area (Å²) in [5, 5.41) is 122. The molecule has 30 nitrogen and oxygen atoms in total. The minimum absolute atomic E-state index is 0.0310. The molecule has 6 aliphatic heterocycles. The number of phenols is 1. The minimum Gasteiger partial charge on any atom is -0.508 e. The second kappa shape index (κ2) is 30.1. The van der Waals surface area contributed by atoms with Gasteiger partial charge in [-0.15, -0.1) is 0 Å². The van der Waals surface area contributed by atoms with Gasteiger partial charge < -0.3 is 137 Å². The summed E-state index contributed by atoms with van der Waals surface area (Å²) in [6, 6.07) is 5.53. The van der Waals surface area contributed by atoms with E-state index in [0.29, 0.717) is 25.7 Å². The third-order valence-electron chi connectivity index (χ3n) is 23.7. The number of aliphatic hydroxyl groups excluding tert-OH is 7. The molecule has 0 aromatic heterocycles. The number of aliphatic hydroxyl groups is 10. The molecular weight excluding hydrogens is 1300 g/mol. The van der Waals surface area contributed by atoms with Crippen LogP contribution in [-0.4, -0.2) is 298 Å². The van der Waals surface area contributed by atoms with Gasteiger partial charge >= 0.3 is 5.97 Å². The Morgan fingerprint density at radius 1 is 0.541 bits per heavy atom. The van der Waals surface area contributed by atoms with Crippen molar-refractivity contribution in [2.45, 2.75) is 308 Å². The number of ketones is 1. The van der Waals surface area contributed by atoms with Crippen LogP contribution in [0, 0.1) is 16.7 Å². The summed E-state index contributed by atoms with van der Waals surface area (Å²) in [6.45, 7) is 10.7. The molecule has 10 aliphatic rings. The van der Waals surface area contributed by atoms with E-state index in [-0.39, 0.29) is 62.4 Å². The highest BCUT2D eigenvalue weighted by Crippen LogP contribution is 2.71. The van der Waals surface area contributed by atoms with E-state index in [9.17, 15) is 65.8 Å². The quantitative estimate of drug-likeness (QED) is 0.0578. The normalized spacial score (nSPS) is 49.8. The molecule has 11 rings (SSSR count). The summed E-state index contributed by atoms with van der Waals surface area (Å²) in [4.78, 5) is 27.2. The topological polar surface area (TPSA) is 414 Å². The summed E-state index contributed by atoms with van der Waals surface area (Å²) < 4.78 is 106. The minimum atomic E-state index is -2.11. The number of rotatable bonds is 21. The van der Waals surface area contributed by atoms with E-state index in [4.69, 9.17) is 80.5 Å². The Balaban J connectivity index is 0.659.